The van der Waals surface area contributed by atoms with Gasteiger partial charge in [-0.1, -0.05) is 18.6 Å². The highest BCUT2D eigenvalue weighted by Gasteiger charge is 2.16. The molecule has 17 heavy (non-hydrogen) atoms. The van der Waals surface area contributed by atoms with Crippen molar-refractivity contribution in [1.29, 1.82) is 0 Å². The highest BCUT2D eigenvalue weighted by atomic mass is 15.2. The lowest BCUT2D eigenvalue weighted by atomic mass is 10.1. The zero-order chi connectivity index (χ0) is 11.7. The van der Waals surface area contributed by atoms with Crippen molar-refractivity contribution in [2.75, 3.05) is 12.3 Å². The molecule has 2 aromatic rings. The second kappa shape index (κ2) is 4.37. The van der Waals surface area contributed by atoms with Crippen LogP contribution in [0, 0.1) is 0 Å². The van der Waals surface area contributed by atoms with Crippen molar-refractivity contribution in [3.05, 3.63) is 24.3 Å². The Bertz CT molecular complexity index is 511. The van der Waals surface area contributed by atoms with Gasteiger partial charge in [-0.25, -0.2) is 4.98 Å². The van der Waals surface area contributed by atoms with Crippen molar-refractivity contribution in [2.45, 2.75) is 31.8 Å². The lowest BCUT2D eigenvalue weighted by Crippen LogP contribution is -2.37. The van der Waals surface area contributed by atoms with Crippen LogP contribution >= 0.6 is 0 Å². The first kappa shape index (κ1) is 10.6. The number of nitrogens with zero attached hydrogens (tertiary/aromatic N) is 2. The van der Waals surface area contributed by atoms with Crippen LogP contribution in [0.15, 0.2) is 24.3 Å². The van der Waals surface area contributed by atoms with E-state index in [0.29, 0.717) is 12.0 Å². The number of benzene rings is 1. The number of aromatic nitrogens is 2. The molecule has 1 atom stereocenters. The quantitative estimate of drug-likeness (QED) is 0.826. The van der Waals surface area contributed by atoms with Crippen LogP contribution in [0.25, 0.3) is 11.0 Å². The number of para-hydroxylation sites is 2. The number of hydrogen-bond acceptors (Lipinski definition) is 3. The number of nitrogens with one attached hydrogen (secondary N) is 1. The summed E-state index contributed by atoms with van der Waals surface area (Å²) >= 11 is 0. The maximum Gasteiger partial charge on any atom is 0.201 e. The van der Waals surface area contributed by atoms with E-state index in [9.17, 15) is 0 Å². The number of fused-ring (bicyclic) bond motifs is 1. The highest BCUT2D eigenvalue weighted by molar-refractivity contribution is 5.78. The first-order valence-electron chi connectivity index (χ1n) is 6.29. The van der Waals surface area contributed by atoms with Gasteiger partial charge in [0.2, 0.25) is 5.95 Å². The van der Waals surface area contributed by atoms with Crippen LogP contribution in [0.2, 0.25) is 0 Å². The van der Waals surface area contributed by atoms with Crippen LogP contribution in [-0.4, -0.2) is 22.1 Å². The second-order valence-corrected chi connectivity index (χ2v) is 4.72. The molecular weight excluding hydrogens is 212 g/mol. The number of imidazole rings is 1. The summed E-state index contributed by atoms with van der Waals surface area (Å²) in [5.41, 5.74) is 8.12. The number of hydrogen-bond donors (Lipinski definition) is 2. The van der Waals surface area contributed by atoms with E-state index in [-0.39, 0.29) is 0 Å². The molecule has 0 amide bonds. The topological polar surface area (TPSA) is 55.9 Å². The normalized spacial score (nSPS) is 20.8. The van der Waals surface area contributed by atoms with E-state index in [4.69, 9.17) is 5.73 Å². The van der Waals surface area contributed by atoms with Crippen LogP contribution in [-0.2, 0) is 6.54 Å². The monoisotopic (exact) mass is 230 g/mol. The van der Waals surface area contributed by atoms with E-state index in [2.05, 4.69) is 20.9 Å². The summed E-state index contributed by atoms with van der Waals surface area (Å²) in [6.45, 7) is 2.05. The minimum absolute atomic E-state index is 0.531. The predicted octanol–water partition coefficient (Wildman–Crippen LogP) is 1.76. The van der Waals surface area contributed by atoms with Gasteiger partial charge >= 0.3 is 0 Å². The zero-order valence-corrected chi connectivity index (χ0v) is 9.89. The number of anilines is 1. The third-order valence-electron chi connectivity index (χ3n) is 3.50. The summed E-state index contributed by atoms with van der Waals surface area (Å²) in [7, 11) is 0. The van der Waals surface area contributed by atoms with Gasteiger partial charge in [0.1, 0.15) is 0 Å². The van der Waals surface area contributed by atoms with Crippen LogP contribution in [0.3, 0.4) is 0 Å². The van der Waals surface area contributed by atoms with Crippen LogP contribution in [0.1, 0.15) is 19.3 Å². The Morgan fingerprint density at radius 1 is 1.35 bits per heavy atom. The Balaban J connectivity index is 1.90. The SMILES string of the molecule is Nc1nc2ccccc2n1CC1CCCCN1. The summed E-state index contributed by atoms with van der Waals surface area (Å²) in [4.78, 5) is 4.39. The fraction of sp³-hybridized carbons (Fsp3) is 0.462. The van der Waals surface area contributed by atoms with Crippen molar-refractivity contribution in [1.82, 2.24) is 14.9 Å². The molecule has 1 aliphatic rings. The Morgan fingerprint density at radius 3 is 3.06 bits per heavy atom. The molecule has 1 unspecified atom stereocenters. The summed E-state index contributed by atoms with van der Waals surface area (Å²) in [6.07, 6.45) is 3.83. The maximum absolute atomic E-state index is 5.99. The molecule has 90 valence electrons. The van der Waals surface area contributed by atoms with Crippen molar-refractivity contribution < 1.29 is 0 Å². The molecule has 1 fully saturated rings. The third-order valence-corrected chi connectivity index (χ3v) is 3.50. The van der Waals surface area contributed by atoms with E-state index in [1.807, 2.05) is 18.2 Å². The van der Waals surface area contributed by atoms with Gasteiger partial charge in [0, 0.05) is 12.6 Å². The molecule has 4 nitrogen and oxygen atoms in total. The van der Waals surface area contributed by atoms with Gasteiger partial charge in [-0.15, -0.1) is 0 Å². The Labute approximate surface area is 101 Å². The number of piperidine rings is 1. The fourth-order valence-electron chi connectivity index (χ4n) is 2.59. The van der Waals surface area contributed by atoms with Crippen molar-refractivity contribution >= 4 is 17.0 Å². The fourth-order valence-corrected chi connectivity index (χ4v) is 2.59. The molecule has 3 rings (SSSR count). The number of nitrogen functional groups attached to an aromatic ring is 1. The first-order chi connectivity index (χ1) is 8.34. The molecule has 4 heteroatoms. The van der Waals surface area contributed by atoms with E-state index >= 15 is 0 Å². The summed E-state index contributed by atoms with van der Waals surface area (Å²) < 4.78 is 2.12. The molecule has 1 aromatic carbocycles. The minimum Gasteiger partial charge on any atom is -0.369 e. The average Bonchev–Trinajstić information content (AvgIpc) is 2.68. The van der Waals surface area contributed by atoms with Crippen LogP contribution in [0.4, 0.5) is 5.95 Å². The van der Waals surface area contributed by atoms with Gasteiger partial charge in [-0.2, -0.15) is 0 Å². The zero-order valence-electron chi connectivity index (χ0n) is 9.89. The average molecular weight is 230 g/mol. The van der Waals surface area contributed by atoms with Gasteiger partial charge in [0.25, 0.3) is 0 Å². The molecule has 1 saturated heterocycles. The minimum atomic E-state index is 0.531. The number of rotatable bonds is 2. The van der Waals surface area contributed by atoms with Crippen molar-refractivity contribution in [2.24, 2.45) is 0 Å². The van der Waals surface area contributed by atoms with Crippen molar-refractivity contribution in [3.8, 4) is 0 Å². The van der Waals surface area contributed by atoms with E-state index in [1.54, 1.807) is 0 Å². The molecular formula is C13H18N4. The molecule has 0 aliphatic carbocycles. The molecule has 2 heterocycles. The smallest absolute Gasteiger partial charge is 0.201 e. The van der Waals surface area contributed by atoms with Crippen molar-refractivity contribution in [3.63, 3.8) is 0 Å². The van der Waals surface area contributed by atoms with E-state index in [1.165, 1.54) is 19.3 Å². The lowest BCUT2D eigenvalue weighted by Gasteiger charge is -2.24. The Morgan fingerprint density at radius 2 is 2.24 bits per heavy atom. The van der Waals surface area contributed by atoms with E-state index < -0.39 is 0 Å². The van der Waals surface area contributed by atoms with Gasteiger partial charge < -0.3 is 15.6 Å². The lowest BCUT2D eigenvalue weighted by molar-refractivity contribution is 0.367. The summed E-state index contributed by atoms with van der Waals surface area (Å²) in [5, 5.41) is 3.55. The summed E-state index contributed by atoms with van der Waals surface area (Å²) in [5.74, 6) is 0.624. The molecule has 0 bridgehead atoms. The highest BCUT2D eigenvalue weighted by Crippen LogP contribution is 2.19. The third kappa shape index (κ3) is 2.00. The first-order valence-corrected chi connectivity index (χ1v) is 6.29. The molecule has 0 radical (unpaired) electrons. The molecule has 3 N–H and O–H groups in total. The second-order valence-electron chi connectivity index (χ2n) is 4.72. The largest absolute Gasteiger partial charge is 0.369 e. The number of nitrogens with two attached hydrogens (primary N) is 1. The van der Waals surface area contributed by atoms with Gasteiger partial charge in [-0.05, 0) is 31.5 Å². The van der Waals surface area contributed by atoms with Crippen LogP contribution < -0.4 is 11.1 Å². The molecule has 1 aromatic heterocycles. The standard InChI is InChI=1S/C13H18N4/c14-13-16-11-6-1-2-7-12(11)17(13)9-10-5-3-4-8-15-10/h1-2,6-7,10,15H,3-5,8-9H2,(H2,14,16). The molecule has 0 spiro atoms. The van der Waals surface area contributed by atoms with Gasteiger partial charge in [-0.3, -0.25) is 0 Å². The maximum atomic E-state index is 5.99. The molecule has 0 saturated carbocycles. The summed E-state index contributed by atoms with van der Waals surface area (Å²) in [6, 6.07) is 8.66. The molecule has 1 aliphatic heterocycles. The predicted molar refractivity (Wildman–Crippen MR) is 69.8 cm³/mol. The van der Waals surface area contributed by atoms with Gasteiger partial charge in [0.15, 0.2) is 0 Å². The Hall–Kier alpha value is -1.55. The Kier molecular flexibility index (Phi) is 2.73. The van der Waals surface area contributed by atoms with Crippen LogP contribution in [0.5, 0.6) is 0 Å². The van der Waals surface area contributed by atoms with Gasteiger partial charge in [0.05, 0.1) is 11.0 Å². The van der Waals surface area contributed by atoms with E-state index in [0.717, 1.165) is 24.1 Å².